The van der Waals surface area contributed by atoms with E-state index in [-0.39, 0.29) is 17.4 Å². The van der Waals surface area contributed by atoms with Crippen LogP contribution in [-0.4, -0.2) is 15.0 Å². The summed E-state index contributed by atoms with van der Waals surface area (Å²) in [4.78, 5) is -0.342. The molecule has 0 aliphatic rings. The topological polar surface area (TPSA) is 46.2 Å². The van der Waals surface area contributed by atoms with Crippen molar-refractivity contribution in [1.82, 2.24) is 4.72 Å². The summed E-state index contributed by atoms with van der Waals surface area (Å²) in [6.07, 6.45) is 0. The zero-order chi connectivity index (χ0) is 15.5. The molecule has 0 heterocycles. The number of hydrogen-bond donors (Lipinski definition) is 1. The molecule has 0 fully saturated rings. The highest BCUT2D eigenvalue weighted by Crippen LogP contribution is 2.20. The maximum atomic E-state index is 13.7. The number of sulfonamides is 1. The van der Waals surface area contributed by atoms with E-state index < -0.39 is 15.8 Å². The van der Waals surface area contributed by atoms with E-state index in [1.165, 1.54) is 12.1 Å². The SMILES string of the molecule is CC(CNS(=O)(=O)c1ccc(Br)cc1F)c1ccccc1. The third-order valence-corrected chi connectivity index (χ3v) is 5.08. The van der Waals surface area contributed by atoms with Crippen molar-refractivity contribution in [2.75, 3.05) is 6.54 Å². The van der Waals surface area contributed by atoms with Crippen LogP contribution in [0.2, 0.25) is 0 Å². The predicted molar refractivity (Wildman–Crippen MR) is 84.1 cm³/mol. The van der Waals surface area contributed by atoms with Gasteiger partial charge in [-0.2, -0.15) is 0 Å². The van der Waals surface area contributed by atoms with Crippen LogP contribution >= 0.6 is 15.9 Å². The van der Waals surface area contributed by atoms with Gasteiger partial charge in [0, 0.05) is 11.0 Å². The van der Waals surface area contributed by atoms with Crippen LogP contribution in [0.15, 0.2) is 57.9 Å². The van der Waals surface area contributed by atoms with Gasteiger partial charge in [0.15, 0.2) is 0 Å². The maximum Gasteiger partial charge on any atom is 0.243 e. The highest BCUT2D eigenvalue weighted by Gasteiger charge is 2.20. The molecule has 21 heavy (non-hydrogen) atoms. The van der Waals surface area contributed by atoms with Crippen molar-refractivity contribution in [3.63, 3.8) is 0 Å². The maximum absolute atomic E-state index is 13.7. The molecule has 2 rings (SSSR count). The van der Waals surface area contributed by atoms with Crippen LogP contribution in [0.4, 0.5) is 4.39 Å². The van der Waals surface area contributed by atoms with Gasteiger partial charge in [0.05, 0.1) is 0 Å². The van der Waals surface area contributed by atoms with E-state index in [0.717, 1.165) is 11.6 Å². The molecule has 1 atom stereocenters. The predicted octanol–water partition coefficient (Wildman–Crippen LogP) is 3.67. The van der Waals surface area contributed by atoms with Crippen molar-refractivity contribution in [3.8, 4) is 0 Å². The summed E-state index contributed by atoms with van der Waals surface area (Å²) in [5.41, 5.74) is 1.02. The number of halogens is 2. The van der Waals surface area contributed by atoms with Gasteiger partial charge in [-0.15, -0.1) is 0 Å². The van der Waals surface area contributed by atoms with Crippen LogP contribution in [0.1, 0.15) is 18.4 Å². The Labute approximate surface area is 132 Å². The number of hydrogen-bond acceptors (Lipinski definition) is 2. The molecule has 6 heteroatoms. The first-order valence-electron chi connectivity index (χ1n) is 6.40. The van der Waals surface area contributed by atoms with Crippen LogP contribution in [0.5, 0.6) is 0 Å². The van der Waals surface area contributed by atoms with Gasteiger partial charge < -0.3 is 0 Å². The molecule has 0 aromatic heterocycles. The third-order valence-electron chi connectivity index (χ3n) is 3.13. The largest absolute Gasteiger partial charge is 0.243 e. The molecule has 0 saturated carbocycles. The van der Waals surface area contributed by atoms with Crippen molar-refractivity contribution in [2.24, 2.45) is 0 Å². The molecule has 2 aromatic rings. The van der Waals surface area contributed by atoms with Crippen LogP contribution in [0, 0.1) is 5.82 Å². The van der Waals surface area contributed by atoms with Gasteiger partial charge in [0.1, 0.15) is 10.7 Å². The number of nitrogens with one attached hydrogen (secondary N) is 1. The average molecular weight is 372 g/mol. The Hall–Kier alpha value is -1.24. The molecule has 1 unspecified atom stereocenters. The summed E-state index contributed by atoms with van der Waals surface area (Å²) in [6, 6.07) is 13.4. The Balaban J connectivity index is 2.11. The van der Waals surface area contributed by atoms with Crippen LogP contribution < -0.4 is 4.72 Å². The highest BCUT2D eigenvalue weighted by atomic mass is 79.9. The molecule has 112 valence electrons. The molecule has 0 amide bonds. The minimum absolute atomic E-state index is 0.000477. The molecular formula is C15H15BrFNO2S. The fourth-order valence-corrected chi connectivity index (χ4v) is 3.43. The summed E-state index contributed by atoms with van der Waals surface area (Å²) in [7, 11) is -3.86. The minimum atomic E-state index is -3.86. The quantitative estimate of drug-likeness (QED) is 0.871. The van der Waals surface area contributed by atoms with E-state index in [9.17, 15) is 12.8 Å². The van der Waals surface area contributed by atoms with E-state index in [1.54, 1.807) is 0 Å². The summed E-state index contributed by atoms with van der Waals surface area (Å²) in [5, 5.41) is 0. The van der Waals surface area contributed by atoms with Crippen molar-refractivity contribution >= 4 is 26.0 Å². The molecule has 0 spiro atoms. The van der Waals surface area contributed by atoms with Gasteiger partial charge in [-0.25, -0.2) is 17.5 Å². The highest BCUT2D eigenvalue weighted by molar-refractivity contribution is 9.10. The fraction of sp³-hybridized carbons (Fsp3) is 0.200. The Morgan fingerprint density at radius 2 is 1.86 bits per heavy atom. The summed E-state index contributed by atoms with van der Waals surface area (Å²) < 4.78 is 41.0. The summed E-state index contributed by atoms with van der Waals surface area (Å²) in [6.45, 7) is 2.12. The van der Waals surface area contributed by atoms with Crippen LogP contribution in [0.25, 0.3) is 0 Å². The number of rotatable bonds is 5. The minimum Gasteiger partial charge on any atom is -0.210 e. The standard InChI is InChI=1S/C15H15BrFNO2S/c1-11(12-5-3-2-4-6-12)10-18-21(19,20)15-8-7-13(16)9-14(15)17/h2-9,11,18H,10H2,1H3. The van der Waals surface area contributed by atoms with E-state index in [4.69, 9.17) is 0 Å². The smallest absolute Gasteiger partial charge is 0.210 e. The van der Waals surface area contributed by atoms with Crippen molar-refractivity contribution in [3.05, 3.63) is 64.4 Å². The van der Waals surface area contributed by atoms with Crippen molar-refractivity contribution in [1.29, 1.82) is 0 Å². The summed E-state index contributed by atoms with van der Waals surface area (Å²) in [5.74, 6) is -0.774. The lowest BCUT2D eigenvalue weighted by Gasteiger charge is -2.13. The van der Waals surface area contributed by atoms with Crippen LogP contribution in [0.3, 0.4) is 0 Å². The first kappa shape index (κ1) is 16.1. The molecule has 2 aromatic carbocycles. The second kappa shape index (κ2) is 6.68. The average Bonchev–Trinajstić information content (AvgIpc) is 2.45. The van der Waals surface area contributed by atoms with Gasteiger partial charge in [0.2, 0.25) is 10.0 Å². The summed E-state index contributed by atoms with van der Waals surface area (Å²) >= 11 is 3.10. The molecular weight excluding hydrogens is 357 g/mol. The zero-order valence-electron chi connectivity index (χ0n) is 11.4. The van der Waals surface area contributed by atoms with E-state index in [2.05, 4.69) is 20.7 Å². The van der Waals surface area contributed by atoms with Crippen molar-refractivity contribution in [2.45, 2.75) is 17.7 Å². The molecule has 0 radical (unpaired) electrons. The van der Waals surface area contributed by atoms with E-state index in [1.807, 2.05) is 37.3 Å². The van der Waals surface area contributed by atoms with Gasteiger partial charge in [-0.3, -0.25) is 0 Å². The van der Waals surface area contributed by atoms with E-state index in [0.29, 0.717) is 4.47 Å². The van der Waals surface area contributed by atoms with Gasteiger partial charge in [0.25, 0.3) is 0 Å². The monoisotopic (exact) mass is 371 g/mol. The first-order chi connectivity index (χ1) is 9.90. The second-order valence-electron chi connectivity index (χ2n) is 4.74. The Kier molecular flexibility index (Phi) is 5.13. The fourth-order valence-electron chi connectivity index (χ4n) is 1.91. The molecule has 3 nitrogen and oxygen atoms in total. The Bertz CT molecular complexity index is 720. The molecule has 0 aliphatic carbocycles. The lowest BCUT2D eigenvalue weighted by Crippen LogP contribution is -2.28. The second-order valence-corrected chi connectivity index (χ2v) is 7.39. The van der Waals surface area contributed by atoms with Gasteiger partial charge in [-0.1, -0.05) is 53.2 Å². The molecule has 1 N–H and O–H groups in total. The Morgan fingerprint density at radius 1 is 1.19 bits per heavy atom. The molecule has 0 saturated heterocycles. The molecule has 0 aliphatic heterocycles. The normalized spacial score (nSPS) is 13.1. The van der Waals surface area contributed by atoms with E-state index >= 15 is 0 Å². The zero-order valence-corrected chi connectivity index (χ0v) is 13.8. The number of benzene rings is 2. The van der Waals surface area contributed by atoms with Gasteiger partial charge in [-0.05, 0) is 29.7 Å². The third kappa shape index (κ3) is 4.12. The van der Waals surface area contributed by atoms with Gasteiger partial charge >= 0.3 is 0 Å². The Morgan fingerprint density at radius 3 is 2.48 bits per heavy atom. The lowest BCUT2D eigenvalue weighted by molar-refractivity contribution is 0.552. The van der Waals surface area contributed by atoms with Crippen LogP contribution in [-0.2, 0) is 10.0 Å². The first-order valence-corrected chi connectivity index (χ1v) is 8.67. The molecule has 0 bridgehead atoms. The lowest BCUT2D eigenvalue weighted by atomic mass is 10.0. The van der Waals surface area contributed by atoms with Crippen molar-refractivity contribution < 1.29 is 12.8 Å².